The van der Waals surface area contributed by atoms with Crippen LogP contribution < -0.4 is 0 Å². The second-order valence-corrected chi connectivity index (χ2v) is 7.50. The maximum atomic E-state index is 9.87. The SMILES string of the molecule is C[S+]1CCCCC1.F[P-](F)(F)(F)(F)F. The summed E-state index contributed by atoms with van der Waals surface area (Å²) in [5.74, 6) is 3.03. The van der Waals surface area contributed by atoms with E-state index in [0.717, 1.165) is 10.9 Å². The first-order valence-corrected chi connectivity index (χ1v) is 8.00. The summed E-state index contributed by atoms with van der Waals surface area (Å²) in [6.45, 7) is 0. The first-order chi connectivity index (χ1) is 5.84. The standard InChI is InChI=1S/C6H13S.F6P/c1-7-5-3-2-4-6-7;1-7(2,3,4,5)6/h2-6H2,1H3;/q+1;-1. The molecule has 0 aromatic heterocycles. The zero-order valence-electron chi connectivity index (χ0n) is 7.66. The average molecular weight is 262 g/mol. The number of rotatable bonds is 0. The van der Waals surface area contributed by atoms with Crippen LogP contribution in [0.5, 0.6) is 0 Å². The predicted molar refractivity (Wildman–Crippen MR) is 50.4 cm³/mol. The molecule has 0 radical (unpaired) electrons. The molecule has 0 N–H and O–H groups in total. The van der Waals surface area contributed by atoms with Crippen LogP contribution in [0.1, 0.15) is 19.3 Å². The van der Waals surface area contributed by atoms with E-state index in [1.165, 1.54) is 30.8 Å². The fraction of sp³-hybridized carbons (Fsp3) is 1.00. The van der Waals surface area contributed by atoms with Crippen LogP contribution in [0.15, 0.2) is 0 Å². The Hall–Kier alpha value is 0.360. The number of halogens is 6. The van der Waals surface area contributed by atoms with Gasteiger partial charge in [0.25, 0.3) is 0 Å². The molecule has 0 unspecified atom stereocenters. The third-order valence-corrected chi connectivity index (χ3v) is 3.46. The molecule has 0 aromatic carbocycles. The van der Waals surface area contributed by atoms with Crippen molar-refractivity contribution in [3.63, 3.8) is 0 Å². The minimum absolute atomic E-state index is 0.810. The molecule has 1 heterocycles. The van der Waals surface area contributed by atoms with Crippen molar-refractivity contribution in [2.24, 2.45) is 0 Å². The van der Waals surface area contributed by atoms with Gasteiger partial charge in [-0.2, -0.15) is 0 Å². The summed E-state index contributed by atoms with van der Waals surface area (Å²) in [4.78, 5) is 0. The molecule has 0 aromatic rings. The molecule has 0 amide bonds. The predicted octanol–water partition coefficient (Wildman–Crippen LogP) is 4.80. The topological polar surface area (TPSA) is 0 Å². The average Bonchev–Trinajstić information content (AvgIpc) is 1.81. The molecule has 1 rings (SSSR count). The molecule has 0 spiro atoms. The van der Waals surface area contributed by atoms with Crippen molar-refractivity contribution < 1.29 is 25.2 Å². The first kappa shape index (κ1) is 14.4. The summed E-state index contributed by atoms with van der Waals surface area (Å²) < 4.78 is 59.2. The molecular formula is C6H13F6PS. The van der Waals surface area contributed by atoms with Gasteiger partial charge in [0.15, 0.2) is 0 Å². The summed E-state index contributed by atoms with van der Waals surface area (Å²) in [7, 11) is -9.85. The Labute approximate surface area is 81.6 Å². The van der Waals surface area contributed by atoms with Crippen molar-refractivity contribution in [1.82, 2.24) is 0 Å². The molecule has 90 valence electrons. The quantitative estimate of drug-likeness (QED) is 0.334. The van der Waals surface area contributed by atoms with Gasteiger partial charge in [0, 0.05) is 0 Å². The summed E-state index contributed by atoms with van der Waals surface area (Å²) in [6.07, 6.45) is 6.88. The normalized spacial score (nSPS) is 24.2. The van der Waals surface area contributed by atoms with Gasteiger partial charge in [0.05, 0.1) is 6.26 Å². The molecule has 1 saturated heterocycles. The van der Waals surface area contributed by atoms with Gasteiger partial charge < -0.3 is 0 Å². The van der Waals surface area contributed by atoms with Crippen molar-refractivity contribution in [1.29, 1.82) is 0 Å². The molecule has 0 aliphatic carbocycles. The van der Waals surface area contributed by atoms with E-state index >= 15 is 0 Å². The molecule has 0 bridgehead atoms. The van der Waals surface area contributed by atoms with Gasteiger partial charge >= 0.3 is 33.0 Å². The van der Waals surface area contributed by atoms with E-state index in [0.29, 0.717) is 0 Å². The van der Waals surface area contributed by atoms with Crippen LogP contribution in [0, 0.1) is 0 Å². The third-order valence-electron chi connectivity index (χ3n) is 1.49. The van der Waals surface area contributed by atoms with E-state index in [9.17, 15) is 25.2 Å². The van der Waals surface area contributed by atoms with Gasteiger partial charge in [-0.1, -0.05) is 0 Å². The van der Waals surface area contributed by atoms with Crippen LogP contribution in [0.25, 0.3) is 0 Å². The summed E-state index contributed by atoms with van der Waals surface area (Å²) in [6, 6.07) is 0. The fourth-order valence-corrected chi connectivity index (χ4v) is 2.57. The molecule has 1 aliphatic heterocycles. The van der Waals surface area contributed by atoms with E-state index in [2.05, 4.69) is 6.26 Å². The second kappa shape index (κ2) is 3.74. The van der Waals surface area contributed by atoms with Gasteiger partial charge in [0.2, 0.25) is 0 Å². The monoisotopic (exact) mass is 262 g/mol. The van der Waals surface area contributed by atoms with Crippen LogP contribution in [-0.2, 0) is 10.9 Å². The van der Waals surface area contributed by atoms with Crippen molar-refractivity contribution in [3.05, 3.63) is 0 Å². The van der Waals surface area contributed by atoms with Crippen molar-refractivity contribution >= 4 is 18.7 Å². The fourth-order valence-electron chi connectivity index (χ4n) is 0.976. The Morgan fingerprint density at radius 3 is 1.21 bits per heavy atom. The van der Waals surface area contributed by atoms with Gasteiger partial charge in [-0.05, 0) is 30.2 Å². The molecule has 1 aliphatic rings. The Balaban J connectivity index is 0.000000241. The van der Waals surface area contributed by atoms with E-state index in [1.807, 2.05) is 0 Å². The van der Waals surface area contributed by atoms with Gasteiger partial charge in [-0.25, -0.2) is 0 Å². The molecule has 0 atom stereocenters. The van der Waals surface area contributed by atoms with Gasteiger partial charge in [-0.15, -0.1) is 0 Å². The van der Waals surface area contributed by atoms with Crippen LogP contribution in [0.2, 0.25) is 0 Å². The molecular weight excluding hydrogens is 249 g/mol. The third kappa shape index (κ3) is 22.8. The van der Waals surface area contributed by atoms with E-state index in [1.54, 1.807) is 0 Å². The Kier molecular flexibility index (Phi) is 3.84. The van der Waals surface area contributed by atoms with Crippen LogP contribution >= 0.6 is 7.81 Å². The molecule has 0 saturated carbocycles. The molecule has 0 nitrogen and oxygen atoms in total. The van der Waals surface area contributed by atoms with Crippen molar-refractivity contribution in [2.75, 3.05) is 17.8 Å². The summed E-state index contributed by atoms with van der Waals surface area (Å²) in [5.41, 5.74) is 0. The summed E-state index contributed by atoms with van der Waals surface area (Å²) in [5, 5.41) is 0. The van der Waals surface area contributed by atoms with E-state index < -0.39 is 7.81 Å². The van der Waals surface area contributed by atoms with E-state index in [4.69, 9.17) is 0 Å². The van der Waals surface area contributed by atoms with Crippen molar-refractivity contribution in [3.8, 4) is 0 Å². The number of hydrogen-bond acceptors (Lipinski definition) is 0. The summed E-state index contributed by atoms with van der Waals surface area (Å²) >= 11 is 0. The van der Waals surface area contributed by atoms with Crippen LogP contribution in [0.3, 0.4) is 0 Å². The molecule has 14 heavy (non-hydrogen) atoms. The Morgan fingerprint density at radius 2 is 1.07 bits per heavy atom. The van der Waals surface area contributed by atoms with Crippen LogP contribution in [0.4, 0.5) is 25.2 Å². The zero-order chi connectivity index (χ0) is 11.5. The van der Waals surface area contributed by atoms with E-state index in [-0.39, 0.29) is 0 Å². The minimum atomic E-state index is -10.7. The van der Waals surface area contributed by atoms with Crippen molar-refractivity contribution in [2.45, 2.75) is 19.3 Å². The molecule has 1 fully saturated rings. The Morgan fingerprint density at radius 1 is 0.786 bits per heavy atom. The Bertz CT molecular complexity index is 166. The first-order valence-electron chi connectivity index (χ1n) is 4.00. The number of hydrogen-bond donors (Lipinski definition) is 0. The van der Waals surface area contributed by atoms with Crippen LogP contribution in [-0.4, -0.2) is 17.8 Å². The molecule has 8 heteroatoms. The zero-order valence-corrected chi connectivity index (χ0v) is 9.37. The maximum absolute atomic E-state index is 10.7. The van der Waals surface area contributed by atoms with Gasteiger partial charge in [-0.3, -0.25) is 0 Å². The second-order valence-electron chi connectivity index (χ2n) is 3.21. The van der Waals surface area contributed by atoms with Gasteiger partial charge in [0.1, 0.15) is 11.5 Å².